The fourth-order valence-corrected chi connectivity index (χ4v) is 2.58. The van der Waals surface area contributed by atoms with Gasteiger partial charge >= 0.3 is 7.12 Å². The zero-order valence-corrected chi connectivity index (χ0v) is 14.0. The Morgan fingerprint density at radius 1 is 1.15 bits per heavy atom. The Hall–Kier alpha value is -1.20. The van der Waals surface area contributed by atoms with Crippen LogP contribution in [0.4, 0.5) is 0 Å². The Morgan fingerprint density at radius 2 is 1.70 bits per heavy atom. The minimum Gasteiger partial charge on any atom is -0.520 e. The molecule has 3 nitrogen and oxygen atoms in total. The molecule has 0 bridgehead atoms. The van der Waals surface area contributed by atoms with E-state index in [4.69, 9.17) is 13.7 Å². The van der Waals surface area contributed by atoms with Gasteiger partial charge in [0.25, 0.3) is 0 Å². The number of hydrogen-bond donors (Lipinski definition) is 0. The third-order valence-corrected chi connectivity index (χ3v) is 8.48. The fourth-order valence-electron chi connectivity index (χ4n) is 1.64. The van der Waals surface area contributed by atoms with Crippen molar-refractivity contribution in [3.05, 3.63) is 36.3 Å². The summed E-state index contributed by atoms with van der Waals surface area (Å²) in [5.74, 6) is 3.51. The summed E-state index contributed by atoms with van der Waals surface area (Å²) < 4.78 is 17.4. The van der Waals surface area contributed by atoms with Gasteiger partial charge in [-0.2, -0.15) is 0 Å². The molecule has 0 radical (unpaired) electrons. The molecule has 1 aliphatic heterocycles. The van der Waals surface area contributed by atoms with Crippen molar-refractivity contribution in [2.24, 2.45) is 0 Å². The van der Waals surface area contributed by atoms with Crippen LogP contribution >= 0.6 is 0 Å². The van der Waals surface area contributed by atoms with Gasteiger partial charge in [-0.05, 0) is 36.2 Å². The normalized spacial score (nSPS) is 15.2. The molecule has 20 heavy (non-hydrogen) atoms. The molecule has 0 aliphatic carbocycles. The molecule has 0 fully saturated rings. The largest absolute Gasteiger partial charge is 0.624 e. The average molecular weight is 290 g/mol. The summed E-state index contributed by atoms with van der Waals surface area (Å²) in [7, 11) is -2.02. The molecule has 0 N–H and O–H groups in total. The third kappa shape index (κ3) is 3.46. The first-order valence-electron chi connectivity index (χ1n) is 7.02. The van der Waals surface area contributed by atoms with Crippen molar-refractivity contribution in [2.75, 3.05) is 6.61 Å². The monoisotopic (exact) mass is 290 g/mol. The molecule has 0 aromatic heterocycles. The van der Waals surface area contributed by atoms with Crippen LogP contribution < -0.4 is 9.31 Å². The summed E-state index contributed by atoms with van der Waals surface area (Å²) in [5, 5.41) is 0.234. The molecule has 1 aromatic rings. The number of hydrogen-bond acceptors (Lipinski definition) is 3. The van der Waals surface area contributed by atoms with Gasteiger partial charge < -0.3 is 13.7 Å². The van der Waals surface area contributed by atoms with Crippen LogP contribution in [0.5, 0.6) is 11.5 Å². The van der Waals surface area contributed by atoms with Crippen molar-refractivity contribution >= 4 is 15.4 Å². The maximum atomic E-state index is 6.07. The van der Waals surface area contributed by atoms with Gasteiger partial charge in [-0.1, -0.05) is 39.0 Å². The zero-order chi connectivity index (χ0) is 14.8. The van der Waals surface area contributed by atoms with Crippen LogP contribution in [-0.2, 0) is 4.43 Å². The van der Waals surface area contributed by atoms with Crippen molar-refractivity contribution in [1.29, 1.82) is 0 Å². The molecule has 0 saturated carbocycles. The van der Waals surface area contributed by atoms with Gasteiger partial charge in [0.2, 0.25) is 0 Å². The molecule has 0 atom stereocenters. The van der Waals surface area contributed by atoms with E-state index in [0.29, 0.717) is 6.61 Å². The van der Waals surface area contributed by atoms with Crippen molar-refractivity contribution in [2.45, 2.75) is 38.9 Å². The smallest absolute Gasteiger partial charge is 0.520 e. The van der Waals surface area contributed by atoms with Crippen LogP contribution in [0.3, 0.4) is 0 Å². The molecule has 1 aromatic carbocycles. The van der Waals surface area contributed by atoms with Crippen molar-refractivity contribution in [3.63, 3.8) is 0 Å². The number of fused-ring (bicyclic) bond motifs is 1. The van der Waals surface area contributed by atoms with E-state index in [1.807, 2.05) is 36.3 Å². The van der Waals surface area contributed by atoms with E-state index < -0.39 is 8.32 Å². The van der Waals surface area contributed by atoms with Gasteiger partial charge in [-0.3, -0.25) is 0 Å². The Kier molecular flexibility index (Phi) is 4.30. The topological polar surface area (TPSA) is 27.7 Å². The lowest BCUT2D eigenvalue weighted by molar-refractivity contribution is 0.328. The van der Waals surface area contributed by atoms with E-state index in [1.165, 1.54) is 0 Å². The van der Waals surface area contributed by atoms with Crippen LogP contribution in [0.1, 0.15) is 20.8 Å². The second kappa shape index (κ2) is 5.66. The predicted octanol–water partition coefficient (Wildman–Crippen LogP) is 4.06. The molecule has 0 amide bonds. The first-order chi connectivity index (χ1) is 9.29. The summed E-state index contributed by atoms with van der Waals surface area (Å²) >= 11 is 0. The van der Waals surface area contributed by atoms with Crippen molar-refractivity contribution in [3.8, 4) is 11.5 Å². The Balaban J connectivity index is 1.82. The molecular weight excluding hydrogens is 267 g/mol. The molecule has 0 spiro atoms. The molecule has 0 saturated heterocycles. The Bertz CT molecular complexity index is 469. The second-order valence-electron chi connectivity index (χ2n) is 6.55. The quantitative estimate of drug-likeness (QED) is 0.783. The lowest BCUT2D eigenvalue weighted by Crippen LogP contribution is -2.40. The molecule has 2 rings (SSSR count). The molecular formula is C15H23BO3Si. The first-order valence-corrected chi connectivity index (χ1v) is 9.93. The van der Waals surface area contributed by atoms with E-state index in [9.17, 15) is 0 Å². The highest BCUT2D eigenvalue weighted by Crippen LogP contribution is 2.36. The first kappa shape index (κ1) is 15.2. The van der Waals surface area contributed by atoms with Crippen molar-refractivity contribution < 1.29 is 13.7 Å². The van der Waals surface area contributed by atoms with Crippen LogP contribution in [-0.4, -0.2) is 22.0 Å². The maximum Gasteiger partial charge on any atom is 0.624 e. The highest BCUT2D eigenvalue weighted by Gasteiger charge is 2.36. The fraction of sp³-hybridized carbons (Fsp3) is 0.467. The molecule has 108 valence electrons. The highest BCUT2D eigenvalue weighted by molar-refractivity contribution is 6.74. The molecule has 0 unspecified atom stereocenters. The lowest BCUT2D eigenvalue weighted by Gasteiger charge is -2.35. The van der Waals surface area contributed by atoms with Crippen molar-refractivity contribution in [1.82, 2.24) is 0 Å². The van der Waals surface area contributed by atoms with Crippen LogP contribution in [0.25, 0.3) is 0 Å². The van der Waals surface area contributed by atoms with Gasteiger partial charge in [-0.25, -0.2) is 0 Å². The summed E-state index contributed by atoms with van der Waals surface area (Å²) in [5.41, 5.74) is 0. The molecule has 1 heterocycles. The number of rotatable bonds is 4. The van der Waals surface area contributed by atoms with Gasteiger partial charge in [0.15, 0.2) is 8.32 Å². The van der Waals surface area contributed by atoms with E-state index in [-0.39, 0.29) is 12.2 Å². The minimum absolute atomic E-state index is 0.234. The zero-order valence-electron chi connectivity index (χ0n) is 13.0. The van der Waals surface area contributed by atoms with Crippen LogP contribution in [0.15, 0.2) is 36.3 Å². The summed E-state index contributed by atoms with van der Waals surface area (Å²) in [6, 6.07) is 7.70. The minimum atomic E-state index is -1.68. The average Bonchev–Trinajstić information content (AvgIpc) is 2.76. The van der Waals surface area contributed by atoms with Gasteiger partial charge in [0, 0.05) is 0 Å². The summed E-state index contributed by atoms with van der Waals surface area (Å²) in [6.45, 7) is 11.8. The van der Waals surface area contributed by atoms with Crippen LogP contribution in [0.2, 0.25) is 18.1 Å². The Morgan fingerprint density at radius 3 is 2.20 bits per heavy atom. The lowest BCUT2D eigenvalue weighted by atomic mass is 9.90. The van der Waals surface area contributed by atoms with Gasteiger partial charge in [0.1, 0.15) is 11.5 Å². The van der Waals surface area contributed by atoms with Crippen LogP contribution in [0, 0.1) is 0 Å². The van der Waals surface area contributed by atoms with E-state index in [2.05, 4.69) is 33.9 Å². The third-order valence-electron chi connectivity index (χ3n) is 3.98. The second-order valence-corrected chi connectivity index (χ2v) is 11.4. The van der Waals surface area contributed by atoms with Gasteiger partial charge in [-0.15, -0.1) is 0 Å². The Labute approximate surface area is 123 Å². The number of para-hydroxylation sites is 2. The van der Waals surface area contributed by atoms with Gasteiger partial charge in [0.05, 0.1) is 6.61 Å². The van der Waals surface area contributed by atoms with E-state index in [0.717, 1.165) is 11.5 Å². The SMILES string of the molecule is CC(C)(C)[Si](C)(C)OC/C=C/B1Oc2ccccc2O1. The maximum absolute atomic E-state index is 6.07. The summed E-state index contributed by atoms with van der Waals surface area (Å²) in [6.07, 6.45) is 1.98. The standard InChI is InChI=1S/C15H23BO3Si/c1-15(2,3)20(4,5)17-12-8-11-16-18-13-9-6-7-10-14(13)19-16/h6-11H,12H2,1-5H3/b11-8+. The van der Waals surface area contributed by atoms with E-state index in [1.54, 1.807) is 0 Å². The highest BCUT2D eigenvalue weighted by atomic mass is 28.4. The summed E-state index contributed by atoms with van der Waals surface area (Å²) in [4.78, 5) is 0. The van der Waals surface area contributed by atoms with E-state index >= 15 is 0 Å². The predicted molar refractivity (Wildman–Crippen MR) is 85.7 cm³/mol. The number of benzene rings is 1. The molecule has 1 aliphatic rings. The molecule has 5 heteroatoms.